The first kappa shape index (κ1) is 15.4. The van der Waals surface area contributed by atoms with Crippen LogP contribution in [0.15, 0.2) is 84.9 Å². The van der Waals surface area contributed by atoms with Crippen LogP contribution in [0.5, 0.6) is 0 Å². The van der Waals surface area contributed by atoms with Gasteiger partial charge in [-0.3, -0.25) is 9.69 Å². The molecule has 0 N–H and O–H groups in total. The quantitative estimate of drug-likeness (QED) is 0.721. The molecule has 128 valence electrons. The van der Waals surface area contributed by atoms with Gasteiger partial charge < -0.3 is 4.74 Å². The van der Waals surface area contributed by atoms with Gasteiger partial charge in [0.15, 0.2) is 5.72 Å². The molecule has 0 bridgehead atoms. The lowest BCUT2D eigenvalue weighted by Gasteiger charge is -2.34. The fraction of sp³-hybridized carbons (Fsp3) is 0.174. The second-order valence-electron chi connectivity index (χ2n) is 6.89. The number of fused-ring (bicyclic) bond motifs is 3. The van der Waals surface area contributed by atoms with Crippen molar-refractivity contribution >= 4 is 5.91 Å². The van der Waals surface area contributed by atoms with Gasteiger partial charge in [0.2, 0.25) is 0 Å². The van der Waals surface area contributed by atoms with Crippen molar-refractivity contribution in [3.05, 3.63) is 107 Å². The molecule has 1 fully saturated rings. The van der Waals surface area contributed by atoms with Crippen LogP contribution >= 0.6 is 0 Å². The van der Waals surface area contributed by atoms with Crippen LogP contribution in [-0.2, 0) is 16.9 Å². The van der Waals surface area contributed by atoms with Gasteiger partial charge in [-0.25, -0.2) is 0 Å². The smallest absolute Gasteiger partial charge is 0.257 e. The number of hydrogen-bond acceptors (Lipinski definition) is 2. The van der Waals surface area contributed by atoms with Crippen LogP contribution in [0.25, 0.3) is 0 Å². The number of carbonyl (C=O) groups excluding carboxylic acids is 1. The average Bonchev–Trinajstić information content (AvgIpc) is 3.20. The predicted octanol–water partition coefficient (Wildman–Crippen LogP) is 3.99. The monoisotopic (exact) mass is 341 g/mol. The van der Waals surface area contributed by atoms with Gasteiger partial charge in [0.1, 0.15) is 0 Å². The summed E-state index contributed by atoms with van der Waals surface area (Å²) in [6, 6.07) is 28.2. The molecule has 0 saturated carbocycles. The van der Waals surface area contributed by atoms with E-state index in [9.17, 15) is 4.79 Å². The van der Waals surface area contributed by atoms with Gasteiger partial charge in [0, 0.05) is 16.7 Å². The Kier molecular flexibility index (Phi) is 3.44. The van der Waals surface area contributed by atoms with Gasteiger partial charge in [-0.2, -0.15) is 0 Å². The summed E-state index contributed by atoms with van der Waals surface area (Å²) in [6.45, 7) is 0.532. The molecule has 2 heterocycles. The summed E-state index contributed by atoms with van der Waals surface area (Å²) in [5, 5.41) is 0. The number of nitrogens with zero attached hydrogens (tertiary/aromatic N) is 1. The number of hydrogen-bond donors (Lipinski definition) is 0. The summed E-state index contributed by atoms with van der Waals surface area (Å²) < 4.78 is 6.44. The summed E-state index contributed by atoms with van der Waals surface area (Å²) in [5.41, 5.74) is 3.11. The summed E-state index contributed by atoms with van der Waals surface area (Å²) in [5.74, 6) is 0.0582. The Morgan fingerprint density at radius 2 is 1.54 bits per heavy atom. The zero-order valence-corrected chi connectivity index (χ0v) is 14.3. The third-order valence-electron chi connectivity index (χ3n) is 5.41. The second-order valence-corrected chi connectivity index (χ2v) is 6.89. The first-order chi connectivity index (χ1) is 12.8. The zero-order valence-electron chi connectivity index (χ0n) is 14.3. The Morgan fingerprint density at radius 3 is 2.31 bits per heavy atom. The van der Waals surface area contributed by atoms with E-state index in [-0.39, 0.29) is 11.9 Å². The SMILES string of the molecule is O=C1c2ccccc2[C@@]2(c3ccccc3)OC[C@H](Cc3ccccc3)N12. The molecule has 2 atom stereocenters. The topological polar surface area (TPSA) is 29.5 Å². The molecule has 5 rings (SSSR count). The van der Waals surface area contributed by atoms with Crippen LogP contribution in [-0.4, -0.2) is 23.5 Å². The number of benzene rings is 3. The van der Waals surface area contributed by atoms with E-state index < -0.39 is 5.72 Å². The first-order valence-electron chi connectivity index (χ1n) is 8.97. The molecule has 0 spiro atoms. The third kappa shape index (κ3) is 2.07. The van der Waals surface area contributed by atoms with E-state index in [1.807, 2.05) is 77.7 Å². The molecule has 2 aliphatic rings. The van der Waals surface area contributed by atoms with E-state index in [1.165, 1.54) is 5.56 Å². The van der Waals surface area contributed by atoms with Gasteiger partial charge in [0.05, 0.1) is 12.6 Å². The summed E-state index contributed by atoms with van der Waals surface area (Å²) >= 11 is 0. The normalized spacial score (nSPS) is 23.8. The van der Waals surface area contributed by atoms with Crippen molar-refractivity contribution in [2.75, 3.05) is 6.61 Å². The lowest BCUT2D eigenvalue weighted by Crippen LogP contribution is -2.45. The maximum absolute atomic E-state index is 13.3. The van der Waals surface area contributed by atoms with E-state index in [4.69, 9.17) is 4.74 Å². The molecule has 26 heavy (non-hydrogen) atoms. The van der Waals surface area contributed by atoms with Crippen molar-refractivity contribution in [2.45, 2.75) is 18.2 Å². The van der Waals surface area contributed by atoms with Gasteiger partial charge in [-0.15, -0.1) is 0 Å². The number of amides is 1. The van der Waals surface area contributed by atoms with Crippen LogP contribution in [0.3, 0.4) is 0 Å². The highest BCUT2D eigenvalue weighted by atomic mass is 16.5. The molecule has 0 aromatic heterocycles. The number of ether oxygens (including phenoxy) is 1. The molecule has 3 heteroatoms. The van der Waals surface area contributed by atoms with E-state index >= 15 is 0 Å². The van der Waals surface area contributed by atoms with Gasteiger partial charge in [-0.05, 0) is 18.1 Å². The summed E-state index contributed by atoms with van der Waals surface area (Å²) in [6.07, 6.45) is 0.787. The van der Waals surface area contributed by atoms with Crippen LogP contribution < -0.4 is 0 Å². The average molecular weight is 341 g/mol. The lowest BCUT2D eigenvalue weighted by atomic mass is 9.93. The van der Waals surface area contributed by atoms with Crippen LogP contribution in [0.4, 0.5) is 0 Å². The predicted molar refractivity (Wildman–Crippen MR) is 99.7 cm³/mol. The van der Waals surface area contributed by atoms with E-state index in [2.05, 4.69) is 12.1 Å². The molecule has 0 aliphatic carbocycles. The van der Waals surface area contributed by atoms with Gasteiger partial charge in [-0.1, -0.05) is 78.9 Å². The van der Waals surface area contributed by atoms with Crippen molar-refractivity contribution in [1.82, 2.24) is 4.90 Å². The highest BCUT2D eigenvalue weighted by molar-refractivity contribution is 6.01. The van der Waals surface area contributed by atoms with E-state index in [1.54, 1.807) is 0 Å². The highest BCUT2D eigenvalue weighted by Crippen LogP contribution is 2.50. The van der Waals surface area contributed by atoms with Crippen LogP contribution in [0, 0.1) is 0 Å². The van der Waals surface area contributed by atoms with E-state index in [0.717, 1.165) is 23.1 Å². The first-order valence-corrected chi connectivity index (χ1v) is 8.97. The molecular formula is C23H19NO2. The molecule has 0 radical (unpaired) electrons. The molecule has 3 aromatic carbocycles. The van der Waals surface area contributed by atoms with Gasteiger partial charge >= 0.3 is 0 Å². The summed E-state index contributed by atoms with van der Waals surface area (Å²) in [7, 11) is 0. The molecule has 1 saturated heterocycles. The molecule has 3 nitrogen and oxygen atoms in total. The van der Waals surface area contributed by atoms with Crippen LogP contribution in [0.2, 0.25) is 0 Å². The molecule has 2 aliphatic heterocycles. The Hall–Kier alpha value is -2.91. The standard InChI is InChI=1S/C23H19NO2/c25-22-20-13-7-8-14-21(20)23(18-11-5-2-6-12-18)24(22)19(16-26-23)15-17-9-3-1-4-10-17/h1-14,19H,15-16H2/t19-,23+/m0/s1. The minimum Gasteiger partial charge on any atom is -0.345 e. The van der Waals surface area contributed by atoms with Crippen molar-refractivity contribution < 1.29 is 9.53 Å². The maximum Gasteiger partial charge on any atom is 0.257 e. The fourth-order valence-corrected chi connectivity index (χ4v) is 4.31. The zero-order chi connectivity index (χ0) is 17.6. The lowest BCUT2D eigenvalue weighted by molar-refractivity contribution is -0.0323. The highest BCUT2D eigenvalue weighted by Gasteiger charge is 2.58. The molecule has 3 aromatic rings. The fourth-order valence-electron chi connectivity index (χ4n) is 4.31. The van der Waals surface area contributed by atoms with Crippen molar-refractivity contribution in [1.29, 1.82) is 0 Å². The largest absolute Gasteiger partial charge is 0.345 e. The van der Waals surface area contributed by atoms with Crippen LogP contribution in [0.1, 0.15) is 27.0 Å². The Balaban J connectivity index is 1.64. The summed E-state index contributed by atoms with van der Waals surface area (Å²) in [4.78, 5) is 15.3. The minimum atomic E-state index is -0.811. The molecular weight excluding hydrogens is 322 g/mol. The van der Waals surface area contributed by atoms with Crippen molar-refractivity contribution in [2.24, 2.45) is 0 Å². The van der Waals surface area contributed by atoms with E-state index in [0.29, 0.717) is 6.61 Å². The molecule has 1 amide bonds. The minimum absolute atomic E-state index is 0.0116. The number of carbonyl (C=O) groups is 1. The maximum atomic E-state index is 13.3. The van der Waals surface area contributed by atoms with Gasteiger partial charge in [0.25, 0.3) is 5.91 Å². The Bertz CT molecular complexity index is 954. The Labute approximate surface area is 152 Å². The third-order valence-corrected chi connectivity index (χ3v) is 5.41. The number of rotatable bonds is 3. The van der Waals surface area contributed by atoms with Crippen molar-refractivity contribution in [3.8, 4) is 0 Å². The second kappa shape index (κ2) is 5.82. The Morgan fingerprint density at radius 1 is 0.885 bits per heavy atom. The van der Waals surface area contributed by atoms with Crippen molar-refractivity contribution in [3.63, 3.8) is 0 Å². The molecule has 0 unspecified atom stereocenters.